The zero-order chi connectivity index (χ0) is 13.0. The van der Waals surface area contributed by atoms with Crippen LogP contribution in [0.25, 0.3) is 0 Å². The average Bonchev–Trinajstić information content (AvgIpc) is 2.74. The van der Waals surface area contributed by atoms with Crippen molar-refractivity contribution in [3.8, 4) is 0 Å². The lowest BCUT2D eigenvalue weighted by Crippen LogP contribution is -2.24. The summed E-state index contributed by atoms with van der Waals surface area (Å²) in [4.78, 5) is 8.64. The molecule has 18 heavy (non-hydrogen) atoms. The van der Waals surface area contributed by atoms with Gasteiger partial charge in [-0.2, -0.15) is 0 Å². The van der Waals surface area contributed by atoms with Crippen LogP contribution in [-0.2, 0) is 13.5 Å². The molecule has 0 aliphatic rings. The van der Waals surface area contributed by atoms with Gasteiger partial charge in [-0.3, -0.25) is 4.98 Å². The van der Waals surface area contributed by atoms with Crippen molar-refractivity contribution < 1.29 is 0 Å². The fourth-order valence-electron chi connectivity index (χ4n) is 2.11. The summed E-state index contributed by atoms with van der Waals surface area (Å²) in [6.07, 6.45) is 6.58. The van der Waals surface area contributed by atoms with Gasteiger partial charge in [0.25, 0.3) is 0 Å². The number of hydrogen-bond acceptors (Lipinski definition) is 3. The molecule has 0 saturated heterocycles. The van der Waals surface area contributed by atoms with Crippen LogP contribution in [0.5, 0.6) is 0 Å². The Hall–Kier alpha value is -1.68. The largest absolute Gasteiger partial charge is 0.338 e. The lowest BCUT2D eigenvalue weighted by molar-refractivity contribution is 0.528. The Kier molecular flexibility index (Phi) is 4.10. The number of nitrogens with one attached hydrogen (secondary N) is 1. The van der Waals surface area contributed by atoms with E-state index in [2.05, 4.69) is 38.9 Å². The summed E-state index contributed by atoms with van der Waals surface area (Å²) in [5, 5.41) is 3.51. The predicted octanol–water partition coefficient (Wildman–Crippen LogP) is 2.02. The van der Waals surface area contributed by atoms with Crippen LogP contribution in [0.15, 0.2) is 30.7 Å². The van der Waals surface area contributed by atoms with Gasteiger partial charge >= 0.3 is 0 Å². The van der Waals surface area contributed by atoms with E-state index in [4.69, 9.17) is 0 Å². The molecule has 0 spiro atoms. The summed E-state index contributed by atoms with van der Waals surface area (Å²) in [7, 11) is 2.03. The molecule has 1 N–H and O–H groups in total. The van der Waals surface area contributed by atoms with Crippen molar-refractivity contribution in [1.82, 2.24) is 19.9 Å². The second kappa shape index (κ2) is 5.78. The maximum absolute atomic E-state index is 4.39. The number of nitrogens with zero attached hydrogens (tertiary/aromatic N) is 3. The molecule has 0 aromatic carbocycles. The molecule has 4 heteroatoms. The van der Waals surface area contributed by atoms with E-state index in [1.165, 1.54) is 5.56 Å². The molecule has 0 radical (unpaired) electrons. The Balaban J connectivity index is 2.20. The first kappa shape index (κ1) is 12.8. The van der Waals surface area contributed by atoms with Crippen molar-refractivity contribution >= 4 is 0 Å². The molecule has 0 aliphatic heterocycles. The van der Waals surface area contributed by atoms with Gasteiger partial charge in [0.15, 0.2) is 0 Å². The van der Waals surface area contributed by atoms with Gasteiger partial charge in [-0.25, -0.2) is 4.98 Å². The van der Waals surface area contributed by atoms with Gasteiger partial charge in [0.1, 0.15) is 5.82 Å². The zero-order valence-corrected chi connectivity index (χ0v) is 11.2. The Bertz CT molecular complexity index is 504. The van der Waals surface area contributed by atoms with E-state index in [0.29, 0.717) is 0 Å². The monoisotopic (exact) mass is 244 g/mol. The number of imidazole rings is 1. The highest BCUT2D eigenvalue weighted by atomic mass is 15.0. The third-order valence-electron chi connectivity index (χ3n) is 3.08. The van der Waals surface area contributed by atoms with Gasteiger partial charge in [0.05, 0.1) is 0 Å². The standard InChI is InChI=1S/C14H20N4/c1-4-15-13(10-14-17-7-8-18(14)3)12-5-6-16-11(2)9-12/h5-9,13,15H,4,10H2,1-3H3. The topological polar surface area (TPSA) is 42.7 Å². The fraction of sp³-hybridized carbons (Fsp3) is 0.429. The minimum absolute atomic E-state index is 0.290. The van der Waals surface area contributed by atoms with Crippen LogP contribution in [0.1, 0.15) is 30.0 Å². The van der Waals surface area contributed by atoms with E-state index >= 15 is 0 Å². The molecule has 1 unspecified atom stereocenters. The van der Waals surface area contributed by atoms with Crippen LogP contribution in [-0.4, -0.2) is 21.1 Å². The van der Waals surface area contributed by atoms with Gasteiger partial charge in [0, 0.05) is 43.8 Å². The summed E-state index contributed by atoms with van der Waals surface area (Å²) in [6.45, 7) is 5.09. The molecule has 2 aromatic rings. The summed E-state index contributed by atoms with van der Waals surface area (Å²) < 4.78 is 2.07. The Morgan fingerprint density at radius 2 is 2.17 bits per heavy atom. The predicted molar refractivity (Wildman–Crippen MR) is 72.3 cm³/mol. The third kappa shape index (κ3) is 2.96. The van der Waals surface area contributed by atoms with Gasteiger partial charge in [0.2, 0.25) is 0 Å². The van der Waals surface area contributed by atoms with E-state index in [9.17, 15) is 0 Å². The quantitative estimate of drug-likeness (QED) is 0.875. The van der Waals surface area contributed by atoms with Gasteiger partial charge in [-0.1, -0.05) is 6.92 Å². The highest BCUT2D eigenvalue weighted by Crippen LogP contribution is 2.17. The van der Waals surface area contributed by atoms with Crippen LogP contribution in [0.3, 0.4) is 0 Å². The molecule has 0 fully saturated rings. The minimum Gasteiger partial charge on any atom is -0.338 e. The van der Waals surface area contributed by atoms with Crippen molar-refractivity contribution in [3.05, 3.63) is 47.8 Å². The highest BCUT2D eigenvalue weighted by molar-refractivity contribution is 5.20. The second-order valence-corrected chi connectivity index (χ2v) is 4.50. The van der Waals surface area contributed by atoms with Gasteiger partial charge in [-0.05, 0) is 31.2 Å². The number of pyridine rings is 1. The number of hydrogen-bond donors (Lipinski definition) is 1. The second-order valence-electron chi connectivity index (χ2n) is 4.50. The zero-order valence-electron chi connectivity index (χ0n) is 11.2. The first-order chi connectivity index (χ1) is 8.70. The van der Waals surface area contributed by atoms with Crippen LogP contribution in [0.4, 0.5) is 0 Å². The van der Waals surface area contributed by atoms with Crippen molar-refractivity contribution in [2.75, 3.05) is 6.54 Å². The van der Waals surface area contributed by atoms with Gasteiger partial charge < -0.3 is 9.88 Å². The van der Waals surface area contributed by atoms with E-state index < -0.39 is 0 Å². The summed E-state index contributed by atoms with van der Waals surface area (Å²) >= 11 is 0. The number of likely N-dealkylation sites (N-methyl/N-ethyl adjacent to an activating group) is 1. The SMILES string of the molecule is CCNC(Cc1nccn1C)c1ccnc(C)c1. The maximum Gasteiger partial charge on any atom is 0.110 e. The highest BCUT2D eigenvalue weighted by Gasteiger charge is 2.13. The normalized spacial score (nSPS) is 12.6. The molecule has 0 bridgehead atoms. The van der Waals surface area contributed by atoms with E-state index in [0.717, 1.165) is 24.5 Å². The fourth-order valence-corrected chi connectivity index (χ4v) is 2.11. The van der Waals surface area contributed by atoms with Gasteiger partial charge in [-0.15, -0.1) is 0 Å². The van der Waals surface area contributed by atoms with Crippen molar-refractivity contribution in [2.45, 2.75) is 26.3 Å². The van der Waals surface area contributed by atoms with E-state index in [1.807, 2.05) is 32.6 Å². The lowest BCUT2D eigenvalue weighted by Gasteiger charge is -2.18. The average molecular weight is 244 g/mol. The van der Waals surface area contributed by atoms with Crippen LogP contribution >= 0.6 is 0 Å². The van der Waals surface area contributed by atoms with Crippen molar-refractivity contribution in [2.24, 2.45) is 7.05 Å². The van der Waals surface area contributed by atoms with Crippen molar-refractivity contribution in [1.29, 1.82) is 0 Å². The Labute approximate surface area is 108 Å². The molecule has 2 rings (SSSR count). The van der Waals surface area contributed by atoms with Crippen LogP contribution in [0.2, 0.25) is 0 Å². The molecule has 0 saturated carbocycles. The summed E-state index contributed by atoms with van der Waals surface area (Å²) in [6, 6.07) is 4.50. The number of rotatable bonds is 5. The molecular formula is C14H20N4. The smallest absolute Gasteiger partial charge is 0.110 e. The lowest BCUT2D eigenvalue weighted by atomic mass is 10.0. The van der Waals surface area contributed by atoms with Crippen molar-refractivity contribution in [3.63, 3.8) is 0 Å². The molecule has 2 aromatic heterocycles. The number of aryl methyl sites for hydroxylation is 2. The molecule has 1 atom stereocenters. The van der Waals surface area contributed by atoms with Crippen LogP contribution < -0.4 is 5.32 Å². The molecule has 96 valence electrons. The summed E-state index contributed by atoms with van der Waals surface area (Å²) in [5.41, 5.74) is 2.32. The third-order valence-corrected chi connectivity index (χ3v) is 3.08. The maximum atomic E-state index is 4.39. The number of aromatic nitrogens is 3. The Morgan fingerprint density at radius 3 is 2.78 bits per heavy atom. The van der Waals surface area contributed by atoms with E-state index in [-0.39, 0.29) is 6.04 Å². The molecule has 0 aliphatic carbocycles. The molecule has 4 nitrogen and oxygen atoms in total. The molecule has 0 amide bonds. The molecule has 2 heterocycles. The minimum atomic E-state index is 0.290. The van der Waals surface area contributed by atoms with Crippen LogP contribution in [0, 0.1) is 6.92 Å². The Morgan fingerprint density at radius 1 is 1.33 bits per heavy atom. The van der Waals surface area contributed by atoms with E-state index in [1.54, 1.807) is 0 Å². The first-order valence-electron chi connectivity index (χ1n) is 6.33. The molecular weight excluding hydrogens is 224 g/mol. The first-order valence-corrected chi connectivity index (χ1v) is 6.33. The summed E-state index contributed by atoms with van der Waals surface area (Å²) in [5.74, 6) is 1.09.